The van der Waals surface area contributed by atoms with Crippen LogP contribution in [0.5, 0.6) is 0 Å². The summed E-state index contributed by atoms with van der Waals surface area (Å²) in [4.78, 5) is 0. The lowest BCUT2D eigenvalue weighted by molar-refractivity contribution is 0.116. The van der Waals surface area contributed by atoms with Crippen LogP contribution < -0.4 is 5.73 Å². The van der Waals surface area contributed by atoms with Gasteiger partial charge in [-0.1, -0.05) is 29.8 Å². The molecule has 0 heterocycles. The maximum atomic E-state index is 12.1. The summed E-state index contributed by atoms with van der Waals surface area (Å²) in [5.74, 6) is 0. The molecule has 0 aliphatic heterocycles. The first-order valence-corrected chi connectivity index (χ1v) is 3.79. The molecule has 13 heavy (non-hydrogen) atoms. The molecule has 0 fully saturated rings. The number of nitrogens with two attached hydrogens (primary N) is 1. The van der Waals surface area contributed by atoms with Crippen LogP contribution in [0.3, 0.4) is 0 Å². The summed E-state index contributed by atoms with van der Waals surface area (Å²) in [7, 11) is 0. The maximum Gasteiger partial charge on any atom is 0.257 e. The number of benzene rings is 1. The van der Waals surface area contributed by atoms with Crippen LogP contribution in [0.2, 0.25) is 5.02 Å². The van der Waals surface area contributed by atoms with Crippen LogP contribution in [0.25, 0.3) is 0 Å². The van der Waals surface area contributed by atoms with E-state index >= 15 is 0 Å². The van der Waals surface area contributed by atoms with Gasteiger partial charge in [-0.3, -0.25) is 0 Å². The van der Waals surface area contributed by atoms with Crippen LogP contribution in [-0.2, 0) is 0 Å². The molecule has 0 spiro atoms. The summed E-state index contributed by atoms with van der Waals surface area (Å²) in [5.41, 5.74) is 5.49. The van der Waals surface area contributed by atoms with E-state index in [0.717, 1.165) is 0 Å². The molecule has 0 unspecified atom stereocenters. The second-order valence-electron chi connectivity index (χ2n) is 2.38. The van der Waals surface area contributed by atoms with Gasteiger partial charge in [0.15, 0.2) is 0 Å². The molecule has 1 aromatic carbocycles. The Labute approximate surface area is 86.3 Å². The zero-order chi connectivity index (χ0) is 9.14. The minimum Gasteiger partial charge on any atom is -0.319 e. The van der Waals surface area contributed by atoms with Crippen molar-refractivity contribution in [3.63, 3.8) is 0 Å². The first-order chi connectivity index (χ1) is 5.63. The van der Waals surface area contributed by atoms with E-state index in [4.69, 9.17) is 17.3 Å². The van der Waals surface area contributed by atoms with Gasteiger partial charge in [-0.15, -0.1) is 12.4 Å². The largest absolute Gasteiger partial charge is 0.319 e. The summed E-state index contributed by atoms with van der Waals surface area (Å²) in [5, 5.41) is 0.283. The van der Waals surface area contributed by atoms with Gasteiger partial charge >= 0.3 is 0 Å². The molecular formula is C8H9Cl2F2N. The third kappa shape index (κ3) is 3.10. The topological polar surface area (TPSA) is 26.0 Å². The van der Waals surface area contributed by atoms with Crippen molar-refractivity contribution in [1.82, 2.24) is 0 Å². The summed E-state index contributed by atoms with van der Waals surface area (Å²) < 4.78 is 24.2. The highest BCUT2D eigenvalue weighted by molar-refractivity contribution is 6.31. The zero-order valence-corrected chi connectivity index (χ0v) is 8.16. The molecule has 0 bridgehead atoms. The maximum absolute atomic E-state index is 12.1. The number of alkyl halides is 2. The molecule has 1 aromatic rings. The predicted molar refractivity (Wildman–Crippen MR) is 51.6 cm³/mol. The van der Waals surface area contributed by atoms with Crippen molar-refractivity contribution in [2.24, 2.45) is 5.73 Å². The molecule has 1 atom stereocenters. The Morgan fingerprint density at radius 1 is 1.23 bits per heavy atom. The van der Waals surface area contributed by atoms with Crippen molar-refractivity contribution in [3.05, 3.63) is 34.9 Å². The van der Waals surface area contributed by atoms with Gasteiger partial charge < -0.3 is 5.73 Å². The fraction of sp³-hybridized carbons (Fsp3) is 0.250. The molecular weight excluding hydrogens is 219 g/mol. The van der Waals surface area contributed by atoms with E-state index in [0.29, 0.717) is 0 Å². The van der Waals surface area contributed by atoms with Gasteiger partial charge in [-0.05, 0) is 11.6 Å². The molecule has 74 valence electrons. The van der Waals surface area contributed by atoms with Crippen molar-refractivity contribution in [3.8, 4) is 0 Å². The fourth-order valence-corrected chi connectivity index (χ4v) is 1.14. The molecule has 0 aliphatic carbocycles. The summed E-state index contributed by atoms with van der Waals surface area (Å²) >= 11 is 5.65. The molecule has 0 aliphatic rings. The lowest BCUT2D eigenvalue weighted by atomic mass is 10.1. The van der Waals surface area contributed by atoms with E-state index in [2.05, 4.69) is 0 Å². The molecule has 5 heteroatoms. The molecule has 0 amide bonds. The number of hydrogen-bond acceptors (Lipinski definition) is 1. The average Bonchev–Trinajstić information content (AvgIpc) is 2.04. The van der Waals surface area contributed by atoms with E-state index in [1.165, 1.54) is 6.07 Å². The first-order valence-electron chi connectivity index (χ1n) is 3.41. The molecule has 0 saturated heterocycles. The van der Waals surface area contributed by atoms with E-state index in [1.54, 1.807) is 18.2 Å². The van der Waals surface area contributed by atoms with E-state index in [9.17, 15) is 8.78 Å². The highest BCUT2D eigenvalue weighted by atomic mass is 35.5. The Hall–Kier alpha value is -0.380. The Bertz CT molecular complexity index is 268. The zero-order valence-electron chi connectivity index (χ0n) is 6.58. The third-order valence-corrected chi connectivity index (χ3v) is 1.88. The van der Waals surface area contributed by atoms with Crippen LogP contribution in [0.4, 0.5) is 8.78 Å². The van der Waals surface area contributed by atoms with Gasteiger partial charge in [-0.2, -0.15) is 0 Å². The van der Waals surface area contributed by atoms with Crippen LogP contribution in [-0.4, -0.2) is 6.43 Å². The second-order valence-corrected chi connectivity index (χ2v) is 2.79. The number of rotatable bonds is 2. The van der Waals surface area contributed by atoms with Gasteiger partial charge in [0, 0.05) is 5.02 Å². The Morgan fingerprint density at radius 3 is 2.23 bits per heavy atom. The van der Waals surface area contributed by atoms with Crippen molar-refractivity contribution in [2.45, 2.75) is 12.5 Å². The van der Waals surface area contributed by atoms with Gasteiger partial charge in [0.25, 0.3) is 6.43 Å². The number of hydrogen-bond donors (Lipinski definition) is 1. The van der Waals surface area contributed by atoms with Gasteiger partial charge in [0.05, 0.1) is 6.04 Å². The molecule has 0 aromatic heterocycles. The smallest absolute Gasteiger partial charge is 0.257 e. The standard InChI is InChI=1S/C8H8ClF2N.ClH/c9-6-4-2-1-3-5(6)7(12)8(10)11;/h1-4,7-8H,12H2;1H/t7-;/m1./s1. The summed E-state index contributed by atoms with van der Waals surface area (Å²) in [6, 6.07) is 5.05. The monoisotopic (exact) mass is 227 g/mol. The van der Waals surface area contributed by atoms with Gasteiger partial charge in [0.1, 0.15) is 0 Å². The minimum absolute atomic E-state index is 0. The molecule has 1 nitrogen and oxygen atoms in total. The van der Waals surface area contributed by atoms with Crippen molar-refractivity contribution in [1.29, 1.82) is 0 Å². The number of halogens is 4. The molecule has 0 radical (unpaired) electrons. The highest BCUT2D eigenvalue weighted by Gasteiger charge is 2.19. The Morgan fingerprint density at radius 2 is 1.77 bits per heavy atom. The van der Waals surface area contributed by atoms with Gasteiger partial charge in [-0.25, -0.2) is 8.78 Å². The molecule has 0 saturated carbocycles. The van der Waals surface area contributed by atoms with Crippen LogP contribution in [0.15, 0.2) is 24.3 Å². The van der Waals surface area contributed by atoms with Crippen LogP contribution in [0, 0.1) is 0 Å². The van der Waals surface area contributed by atoms with Crippen molar-refractivity contribution >= 4 is 24.0 Å². The first kappa shape index (κ1) is 12.6. The van der Waals surface area contributed by atoms with E-state index in [1.807, 2.05) is 0 Å². The minimum atomic E-state index is -2.58. The second kappa shape index (κ2) is 5.37. The lowest BCUT2D eigenvalue weighted by Crippen LogP contribution is -2.19. The Balaban J connectivity index is 0.00000144. The SMILES string of the molecule is Cl.N[C@H](c1ccccc1Cl)C(F)F. The molecule has 1 rings (SSSR count). The predicted octanol–water partition coefficient (Wildman–Crippen LogP) is 3.03. The third-order valence-electron chi connectivity index (χ3n) is 1.54. The van der Waals surface area contributed by atoms with E-state index < -0.39 is 12.5 Å². The highest BCUT2D eigenvalue weighted by Crippen LogP contribution is 2.24. The normalized spacial score (nSPS) is 12.4. The van der Waals surface area contributed by atoms with Gasteiger partial charge in [0.2, 0.25) is 0 Å². The average molecular weight is 228 g/mol. The van der Waals surface area contributed by atoms with Crippen molar-refractivity contribution < 1.29 is 8.78 Å². The van der Waals surface area contributed by atoms with E-state index in [-0.39, 0.29) is 23.0 Å². The Kier molecular flexibility index (Phi) is 5.21. The van der Waals surface area contributed by atoms with Crippen molar-refractivity contribution in [2.75, 3.05) is 0 Å². The van der Waals surface area contributed by atoms with Crippen LogP contribution in [0.1, 0.15) is 11.6 Å². The summed E-state index contributed by atoms with van der Waals surface area (Å²) in [6.45, 7) is 0. The fourth-order valence-electron chi connectivity index (χ4n) is 0.881. The lowest BCUT2D eigenvalue weighted by Gasteiger charge is -2.11. The quantitative estimate of drug-likeness (QED) is 0.827. The van der Waals surface area contributed by atoms with Crippen LogP contribution >= 0.6 is 24.0 Å². The molecule has 2 N–H and O–H groups in total. The summed E-state index contributed by atoms with van der Waals surface area (Å²) in [6.07, 6.45) is -2.58.